The highest BCUT2D eigenvalue weighted by Crippen LogP contribution is 2.20. The van der Waals surface area contributed by atoms with Crippen molar-refractivity contribution in [1.29, 1.82) is 0 Å². The Balaban J connectivity index is 1.47. The summed E-state index contributed by atoms with van der Waals surface area (Å²) >= 11 is 0. The first-order valence-electron chi connectivity index (χ1n) is 9.73. The Bertz CT molecular complexity index is 731. The van der Waals surface area contributed by atoms with Gasteiger partial charge in [-0.25, -0.2) is 0 Å². The third-order valence-electron chi connectivity index (χ3n) is 5.39. The van der Waals surface area contributed by atoms with Crippen molar-refractivity contribution >= 4 is 16.9 Å². The second-order valence-electron chi connectivity index (χ2n) is 7.35. The van der Waals surface area contributed by atoms with Gasteiger partial charge in [-0.05, 0) is 55.7 Å². The molecular formula is C21H32N4O. The predicted molar refractivity (Wildman–Crippen MR) is 109 cm³/mol. The first-order valence-corrected chi connectivity index (χ1v) is 9.73. The van der Waals surface area contributed by atoms with Crippen LogP contribution in [0.2, 0.25) is 0 Å². The number of hydrogen-bond acceptors (Lipinski definition) is 2. The molecule has 0 radical (unpaired) electrons. The van der Waals surface area contributed by atoms with E-state index in [1.54, 1.807) is 0 Å². The minimum atomic E-state index is 0.791. The van der Waals surface area contributed by atoms with E-state index in [4.69, 9.17) is 4.74 Å². The SMILES string of the molecule is CN=C(NCCc1c[nH]c2cc(C)ccc12)N(C)CCC1CCOCC1. The fourth-order valence-electron chi connectivity index (χ4n) is 3.72. The normalized spacial score (nSPS) is 16.2. The standard InChI is InChI=1S/C21H32N4O/c1-16-4-5-19-18(15-24-20(19)14-16)6-10-23-21(22-2)25(3)11-7-17-8-12-26-13-9-17/h4-5,14-15,17,24H,6-13H2,1-3H3,(H,22,23). The molecule has 5 nitrogen and oxygen atoms in total. The number of nitrogens with one attached hydrogen (secondary N) is 2. The van der Waals surface area contributed by atoms with E-state index in [0.717, 1.165) is 44.6 Å². The van der Waals surface area contributed by atoms with Crippen molar-refractivity contribution in [3.05, 3.63) is 35.5 Å². The Hall–Kier alpha value is -2.01. The van der Waals surface area contributed by atoms with Crippen molar-refractivity contribution < 1.29 is 4.74 Å². The minimum absolute atomic E-state index is 0.791. The van der Waals surface area contributed by atoms with Gasteiger partial charge in [0.2, 0.25) is 0 Å². The molecule has 1 fully saturated rings. The number of aromatic amines is 1. The van der Waals surface area contributed by atoms with Crippen molar-refractivity contribution in [3.8, 4) is 0 Å². The van der Waals surface area contributed by atoms with E-state index in [9.17, 15) is 0 Å². The summed E-state index contributed by atoms with van der Waals surface area (Å²) in [5.74, 6) is 1.77. The molecule has 0 atom stereocenters. The molecule has 2 N–H and O–H groups in total. The minimum Gasteiger partial charge on any atom is -0.381 e. The molecule has 2 heterocycles. The number of aryl methyl sites for hydroxylation is 1. The summed E-state index contributed by atoms with van der Waals surface area (Å²) in [7, 11) is 3.99. The number of ether oxygens (including phenoxy) is 1. The highest BCUT2D eigenvalue weighted by atomic mass is 16.5. The number of guanidine groups is 1. The lowest BCUT2D eigenvalue weighted by Gasteiger charge is -2.26. The quantitative estimate of drug-likeness (QED) is 0.616. The molecule has 0 amide bonds. The Labute approximate surface area is 156 Å². The number of benzene rings is 1. The van der Waals surface area contributed by atoms with Gasteiger partial charge in [0.1, 0.15) is 0 Å². The van der Waals surface area contributed by atoms with Gasteiger partial charge < -0.3 is 19.9 Å². The maximum Gasteiger partial charge on any atom is 0.193 e. The lowest BCUT2D eigenvalue weighted by molar-refractivity contribution is 0.0625. The van der Waals surface area contributed by atoms with E-state index in [-0.39, 0.29) is 0 Å². The topological polar surface area (TPSA) is 52.7 Å². The van der Waals surface area contributed by atoms with Gasteiger partial charge in [-0.15, -0.1) is 0 Å². The Morgan fingerprint density at radius 2 is 2.15 bits per heavy atom. The molecule has 0 saturated carbocycles. The van der Waals surface area contributed by atoms with Crippen molar-refractivity contribution in [2.24, 2.45) is 10.9 Å². The summed E-state index contributed by atoms with van der Waals surface area (Å²) < 4.78 is 5.45. The van der Waals surface area contributed by atoms with Gasteiger partial charge in [0.05, 0.1) is 0 Å². The van der Waals surface area contributed by atoms with Gasteiger partial charge >= 0.3 is 0 Å². The first-order chi connectivity index (χ1) is 12.7. The van der Waals surface area contributed by atoms with Crippen LogP contribution in [-0.4, -0.2) is 56.2 Å². The van der Waals surface area contributed by atoms with Gasteiger partial charge in [0, 0.05) is 57.5 Å². The molecule has 1 aromatic carbocycles. The van der Waals surface area contributed by atoms with Crippen molar-refractivity contribution in [2.45, 2.75) is 32.6 Å². The maximum absolute atomic E-state index is 5.45. The predicted octanol–water partition coefficient (Wildman–Crippen LogP) is 3.34. The number of fused-ring (bicyclic) bond motifs is 1. The molecule has 5 heteroatoms. The van der Waals surface area contributed by atoms with Crippen LogP contribution in [0.1, 0.15) is 30.4 Å². The van der Waals surface area contributed by atoms with Gasteiger partial charge in [0.25, 0.3) is 0 Å². The van der Waals surface area contributed by atoms with Crippen molar-refractivity contribution in [3.63, 3.8) is 0 Å². The summed E-state index contributed by atoms with van der Waals surface area (Å²) in [6, 6.07) is 6.59. The number of nitrogens with zero attached hydrogens (tertiary/aromatic N) is 2. The van der Waals surface area contributed by atoms with Crippen LogP contribution in [0, 0.1) is 12.8 Å². The third-order valence-corrected chi connectivity index (χ3v) is 5.39. The number of aromatic nitrogens is 1. The largest absolute Gasteiger partial charge is 0.381 e. The second kappa shape index (κ2) is 9.08. The van der Waals surface area contributed by atoms with Crippen LogP contribution in [0.3, 0.4) is 0 Å². The summed E-state index contributed by atoms with van der Waals surface area (Å²) in [6.07, 6.45) is 6.71. The molecule has 0 aliphatic carbocycles. The van der Waals surface area contributed by atoms with Gasteiger partial charge in [0.15, 0.2) is 5.96 Å². The molecule has 0 unspecified atom stereocenters. The first kappa shape index (κ1) is 18.8. The van der Waals surface area contributed by atoms with E-state index in [1.807, 2.05) is 7.05 Å². The number of hydrogen-bond donors (Lipinski definition) is 2. The number of aliphatic imine (C=N–C) groups is 1. The molecule has 26 heavy (non-hydrogen) atoms. The second-order valence-corrected chi connectivity index (χ2v) is 7.35. The van der Waals surface area contributed by atoms with Crippen LogP contribution in [0.5, 0.6) is 0 Å². The van der Waals surface area contributed by atoms with Gasteiger partial charge in [-0.2, -0.15) is 0 Å². The molecular weight excluding hydrogens is 324 g/mol. The van der Waals surface area contributed by atoms with E-state index in [2.05, 4.69) is 58.6 Å². The zero-order valence-electron chi connectivity index (χ0n) is 16.3. The van der Waals surface area contributed by atoms with Gasteiger partial charge in [-0.1, -0.05) is 12.1 Å². The summed E-state index contributed by atoms with van der Waals surface area (Å²) in [5.41, 5.74) is 3.86. The maximum atomic E-state index is 5.45. The lowest BCUT2D eigenvalue weighted by atomic mass is 9.96. The summed E-state index contributed by atoms with van der Waals surface area (Å²) in [6.45, 7) is 5.89. The number of H-pyrrole nitrogens is 1. The van der Waals surface area contributed by atoms with Crippen LogP contribution in [0.4, 0.5) is 0 Å². The molecule has 0 spiro atoms. The van der Waals surface area contributed by atoms with Gasteiger partial charge in [-0.3, -0.25) is 4.99 Å². The Morgan fingerprint density at radius 1 is 1.35 bits per heavy atom. The van der Waals surface area contributed by atoms with Crippen LogP contribution in [-0.2, 0) is 11.2 Å². The van der Waals surface area contributed by atoms with Crippen LogP contribution in [0.25, 0.3) is 10.9 Å². The van der Waals surface area contributed by atoms with E-state index >= 15 is 0 Å². The highest BCUT2D eigenvalue weighted by Gasteiger charge is 2.15. The average Bonchev–Trinajstić information content (AvgIpc) is 3.06. The summed E-state index contributed by atoms with van der Waals surface area (Å²) in [5, 5.41) is 4.83. The Morgan fingerprint density at radius 3 is 2.92 bits per heavy atom. The molecule has 142 valence electrons. The molecule has 1 aliphatic heterocycles. The van der Waals surface area contributed by atoms with Crippen molar-refractivity contribution in [1.82, 2.24) is 15.2 Å². The monoisotopic (exact) mass is 356 g/mol. The van der Waals surface area contributed by atoms with E-state index in [0.29, 0.717) is 0 Å². The van der Waals surface area contributed by atoms with Crippen LogP contribution in [0.15, 0.2) is 29.4 Å². The molecule has 1 aliphatic rings. The lowest BCUT2D eigenvalue weighted by Crippen LogP contribution is -2.40. The van der Waals surface area contributed by atoms with Crippen LogP contribution >= 0.6 is 0 Å². The smallest absolute Gasteiger partial charge is 0.193 e. The summed E-state index contributed by atoms with van der Waals surface area (Å²) in [4.78, 5) is 10.1. The van der Waals surface area contributed by atoms with E-state index < -0.39 is 0 Å². The molecule has 0 bridgehead atoms. The molecule has 3 rings (SSSR count). The highest BCUT2D eigenvalue weighted by molar-refractivity contribution is 5.84. The molecule has 2 aromatic rings. The molecule has 1 saturated heterocycles. The third kappa shape index (κ3) is 4.79. The fraction of sp³-hybridized carbons (Fsp3) is 0.571. The fourth-order valence-corrected chi connectivity index (χ4v) is 3.72. The zero-order chi connectivity index (χ0) is 18.4. The van der Waals surface area contributed by atoms with Crippen molar-refractivity contribution in [2.75, 3.05) is 40.4 Å². The Kier molecular flexibility index (Phi) is 6.56. The van der Waals surface area contributed by atoms with Crippen LogP contribution < -0.4 is 5.32 Å². The average molecular weight is 357 g/mol. The van der Waals surface area contributed by atoms with E-state index in [1.165, 1.54) is 41.3 Å². The number of rotatable bonds is 6. The molecule has 1 aromatic heterocycles. The zero-order valence-corrected chi connectivity index (χ0v) is 16.3.